The van der Waals surface area contributed by atoms with E-state index in [0.717, 1.165) is 23.4 Å². The quantitative estimate of drug-likeness (QED) is 0.0768. The number of ether oxygens (including phenoxy) is 2. The molecule has 2 saturated heterocycles. The van der Waals surface area contributed by atoms with Crippen molar-refractivity contribution in [3.63, 3.8) is 0 Å². The molecule has 0 saturated carbocycles. The number of carbonyl (C=O) groups excluding carboxylic acids is 6. The lowest BCUT2D eigenvalue weighted by molar-refractivity contribution is -0.136. The highest BCUT2D eigenvalue weighted by molar-refractivity contribution is 6.25. The summed E-state index contributed by atoms with van der Waals surface area (Å²) in [7, 11) is 1.66. The molecule has 8 heterocycles. The second-order valence-electron chi connectivity index (χ2n) is 20.5. The third-order valence-electron chi connectivity index (χ3n) is 14.8. The lowest BCUT2D eigenvalue weighted by Crippen LogP contribution is -2.54. The van der Waals surface area contributed by atoms with Gasteiger partial charge in [0.2, 0.25) is 17.7 Å². The maximum Gasteiger partial charge on any atom is 0.276 e. The Morgan fingerprint density at radius 2 is 1.69 bits per heavy atom. The van der Waals surface area contributed by atoms with Crippen LogP contribution in [0.2, 0.25) is 0 Å². The highest BCUT2D eigenvalue weighted by Gasteiger charge is 2.46. The van der Waals surface area contributed by atoms with Gasteiger partial charge in [-0.3, -0.25) is 48.7 Å². The van der Waals surface area contributed by atoms with E-state index in [-0.39, 0.29) is 97.9 Å². The molecule has 2 fully saturated rings. The third kappa shape index (κ3) is 10.0. The minimum absolute atomic E-state index is 0.0000732. The molecule has 6 amide bonds. The highest BCUT2D eigenvalue weighted by atomic mass is 16.5. The van der Waals surface area contributed by atoms with Crippen molar-refractivity contribution in [2.24, 2.45) is 12.5 Å². The van der Waals surface area contributed by atoms with Gasteiger partial charge in [0.15, 0.2) is 0 Å². The van der Waals surface area contributed by atoms with Gasteiger partial charge in [-0.05, 0) is 85.2 Å². The number of hydrogen-bond donors (Lipinski definition) is 4. The molecule has 10 rings (SSSR count). The van der Waals surface area contributed by atoms with E-state index >= 15 is 0 Å². The van der Waals surface area contributed by atoms with E-state index in [1.54, 1.807) is 54.8 Å². The lowest BCUT2D eigenvalue weighted by atomic mass is 9.90. The molecule has 1 unspecified atom stereocenters. The molecule has 0 bridgehead atoms. The number of fused-ring (bicyclic) bond motifs is 4. The Hall–Kier alpha value is -7.75. The number of hydrogen-bond acceptors (Lipinski definition) is 15. The number of piperidine rings is 1. The normalized spacial score (nSPS) is 19.1. The summed E-state index contributed by atoms with van der Waals surface area (Å²) < 4.78 is 15.0. The predicted molar refractivity (Wildman–Crippen MR) is 277 cm³/mol. The molecular weight excluding hydrogens is 963 g/mol. The number of aliphatic hydroxyl groups excluding tert-OH is 1. The second kappa shape index (κ2) is 20.9. The molecule has 75 heavy (non-hydrogen) atoms. The van der Waals surface area contributed by atoms with Crippen LogP contribution in [0.1, 0.15) is 88.1 Å². The number of imide groups is 2. The van der Waals surface area contributed by atoms with Crippen LogP contribution in [-0.4, -0.2) is 141 Å². The maximum absolute atomic E-state index is 14.0. The smallest absolute Gasteiger partial charge is 0.276 e. The summed E-state index contributed by atoms with van der Waals surface area (Å²) in [6.07, 6.45) is 7.26. The minimum atomic E-state index is -1.04. The van der Waals surface area contributed by atoms with Crippen LogP contribution in [0.5, 0.6) is 0 Å². The molecule has 392 valence electrons. The molecule has 4 aliphatic heterocycles. The van der Waals surface area contributed by atoms with Crippen molar-refractivity contribution in [1.82, 2.24) is 34.2 Å². The van der Waals surface area contributed by atoms with Gasteiger partial charge in [0.25, 0.3) is 23.3 Å². The van der Waals surface area contributed by atoms with Crippen LogP contribution in [-0.2, 0) is 56.9 Å². The van der Waals surface area contributed by atoms with E-state index < -0.39 is 29.7 Å². The largest absolute Gasteiger partial charge is 0.392 e. The monoisotopic (exact) mass is 1020 g/mol. The number of anilines is 5. The fourth-order valence-electron chi connectivity index (χ4n) is 11.1. The maximum atomic E-state index is 14.0. The van der Waals surface area contributed by atoms with Crippen LogP contribution in [0, 0.1) is 5.41 Å². The Morgan fingerprint density at radius 1 is 0.880 bits per heavy atom. The topological polar surface area (TPSA) is 243 Å². The summed E-state index contributed by atoms with van der Waals surface area (Å²) in [5.41, 5.74) is 6.73. The fourth-order valence-corrected chi connectivity index (χ4v) is 11.1. The average Bonchev–Trinajstić information content (AvgIpc) is 4.00. The zero-order valence-corrected chi connectivity index (χ0v) is 42.5. The number of rotatable bonds is 17. The van der Waals surface area contributed by atoms with Crippen LogP contribution >= 0.6 is 0 Å². The van der Waals surface area contributed by atoms with Crippen LogP contribution in [0.15, 0.2) is 71.9 Å². The molecule has 0 spiro atoms. The number of benzene rings is 1. The number of carbonyl (C=O) groups is 6. The number of aromatic nitrogens is 4. The third-order valence-corrected chi connectivity index (χ3v) is 14.8. The van der Waals surface area contributed by atoms with Gasteiger partial charge < -0.3 is 44.1 Å². The summed E-state index contributed by atoms with van der Waals surface area (Å²) in [6.45, 7) is 10.3. The van der Waals surface area contributed by atoms with Crippen LogP contribution in [0.25, 0.3) is 11.1 Å². The summed E-state index contributed by atoms with van der Waals surface area (Å²) in [5, 5.41) is 19.3. The molecule has 21 heteroatoms. The molecule has 5 aliphatic rings. The van der Waals surface area contributed by atoms with Crippen LogP contribution in [0.4, 0.5) is 28.7 Å². The van der Waals surface area contributed by atoms with Gasteiger partial charge in [-0.2, -0.15) is 0 Å². The number of amides is 6. The lowest BCUT2D eigenvalue weighted by Gasteiger charge is -2.41. The minimum Gasteiger partial charge on any atom is -0.392 e. The summed E-state index contributed by atoms with van der Waals surface area (Å²) >= 11 is 0. The Balaban J connectivity index is 0.670. The van der Waals surface area contributed by atoms with Gasteiger partial charge in [-0.1, -0.05) is 19.9 Å². The number of nitrogens with zero attached hydrogens (tertiary/aromatic N) is 8. The van der Waals surface area contributed by atoms with Crippen LogP contribution < -0.4 is 31.3 Å². The van der Waals surface area contributed by atoms with Gasteiger partial charge in [0.05, 0.1) is 62.5 Å². The number of pyridine rings is 3. The number of nitrogens with one attached hydrogen (secondary N) is 3. The van der Waals surface area contributed by atoms with Crippen molar-refractivity contribution >= 4 is 64.1 Å². The van der Waals surface area contributed by atoms with Gasteiger partial charge in [-0.15, -0.1) is 0 Å². The van der Waals surface area contributed by atoms with E-state index in [1.807, 2.05) is 23.1 Å². The molecule has 2 atom stereocenters. The van der Waals surface area contributed by atoms with Gasteiger partial charge in [0.1, 0.15) is 29.1 Å². The summed E-state index contributed by atoms with van der Waals surface area (Å²) in [4.78, 5) is 107. The second-order valence-corrected chi connectivity index (χ2v) is 20.5. The predicted octanol–water partition coefficient (Wildman–Crippen LogP) is 3.64. The van der Waals surface area contributed by atoms with Crippen molar-refractivity contribution in [3.05, 3.63) is 111 Å². The molecule has 4 N–H and O–H groups in total. The standard InChI is InChI=1S/C54H61N11O10/c1-32-29-61(46(68)13-20-74-22-23-75-21-15-55-39-7-5-6-37-47(39)53(73)65(50(37)70)41-9-11-45(67)59-49(41)69)16-17-62(32)35-8-10-44(57-28-35)58-40-24-34(30-60(4)51(40)71)36-12-14-56-48(38(36)31-66)64-19-18-63-42(52(64)72)25-33-26-54(2,3)27-43(33)63/h5-8,10,12,14,24-25,28,30,32,41,55,66H,9,11,13,15-23,26-27,29,31H2,1-4H3,(H,57,58)(H,59,67,69)/t32-,41?/m0/s1. The Labute approximate surface area is 432 Å². The van der Waals surface area contributed by atoms with Gasteiger partial charge in [0, 0.05) is 93.7 Å². The zero-order chi connectivity index (χ0) is 52.7. The van der Waals surface area contributed by atoms with Crippen molar-refractivity contribution in [2.45, 2.75) is 78.1 Å². The van der Waals surface area contributed by atoms with E-state index in [2.05, 4.69) is 56.2 Å². The Bertz CT molecular complexity index is 3170. The molecular formula is C54H61N11O10. The van der Waals surface area contributed by atoms with Crippen LogP contribution in [0.3, 0.4) is 0 Å². The molecule has 21 nitrogen and oxygen atoms in total. The summed E-state index contributed by atoms with van der Waals surface area (Å²) in [5.74, 6) is -1.57. The van der Waals surface area contributed by atoms with E-state index in [9.17, 15) is 38.7 Å². The molecule has 1 aromatic carbocycles. The van der Waals surface area contributed by atoms with Crippen molar-refractivity contribution in [1.29, 1.82) is 0 Å². The van der Waals surface area contributed by atoms with E-state index in [0.29, 0.717) is 79.0 Å². The van der Waals surface area contributed by atoms with Crippen molar-refractivity contribution < 1.29 is 43.3 Å². The first-order valence-electron chi connectivity index (χ1n) is 25.4. The number of aryl methyl sites for hydroxylation is 1. The molecule has 0 radical (unpaired) electrons. The highest BCUT2D eigenvalue weighted by Crippen LogP contribution is 2.40. The number of piperazine rings is 1. The van der Waals surface area contributed by atoms with Crippen molar-refractivity contribution in [2.75, 3.05) is 79.6 Å². The first-order chi connectivity index (χ1) is 36.1. The molecule has 4 aromatic heterocycles. The van der Waals surface area contributed by atoms with Gasteiger partial charge >= 0.3 is 0 Å². The van der Waals surface area contributed by atoms with E-state index in [1.165, 1.54) is 21.9 Å². The Morgan fingerprint density at radius 3 is 2.45 bits per heavy atom. The zero-order valence-electron chi connectivity index (χ0n) is 42.5. The SMILES string of the molecule is C[C@H]1CN(C(=O)CCOCCOCCNc2cccc3c2C(=O)N(C2CCC(=O)NC2=O)C3=O)CCN1c1ccc(Nc2cc(-c3ccnc(N4CCn5c(cc6c5CC(C)(C)C6)C4=O)c3CO)cn(C)c2=O)nc1. The Kier molecular flexibility index (Phi) is 14.1. The summed E-state index contributed by atoms with van der Waals surface area (Å²) in [6, 6.07) is 13.1. The molecule has 5 aromatic rings. The first kappa shape index (κ1) is 50.8. The number of aliphatic hydroxyl groups is 1. The molecule has 1 aliphatic carbocycles. The fraction of sp³-hybridized carbons (Fsp3) is 0.426. The van der Waals surface area contributed by atoms with Crippen molar-refractivity contribution in [3.8, 4) is 11.1 Å². The van der Waals surface area contributed by atoms with E-state index in [4.69, 9.17) is 9.47 Å². The first-order valence-corrected chi connectivity index (χ1v) is 25.4. The van der Waals surface area contributed by atoms with Gasteiger partial charge in [-0.25, -0.2) is 9.97 Å². The average molecular weight is 1020 g/mol.